The first-order valence-corrected chi connectivity index (χ1v) is 8.77. The lowest BCUT2D eigenvalue weighted by Crippen LogP contribution is -2.53. The Kier molecular flexibility index (Phi) is 5.11. The maximum absolute atomic E-state index is 12.6. The summed E-state index contributed by atoms with van der Waals surface area (Å²) in [5.74, 6) is 0.677. The van der Waals surface area contributed by atoms with E-state index in [4.69, 9.17) is 15.2 Å². The van der Waals surface area contributed by atoms with Gasteiger partial charge in [-0.1, -0.05) is 0 Å². The molecule has 1 aliphatic rings. The highest BCUT2D eigenvalue weighted by Crippen LogP contribution is 2.26. The van der Waals surface area contributed by atoms with Crippen molar-refractivity contribution in [2.75, 3.05) is 26.9 Å². The molecule has 0 saturated carbocycles. The zero-order valence-electron chi connectivity index (χ0n) is 13.3. The molecular formula is C15H24N2O4S. The number of hydrogen-bond donors (Lipinski definition) is 2. The van der Waals surface area contributed by atoms with Crippen LogP contribution in [0.2, 0.25) is 0 Å². The van der Waals surface area contributed by atoms with Crippen LogP contribution in [-0.2, 0) is 14.8 Å². The minimum Gasteiger partial charge on any atom is -0.496 e. The summed E-state index contributed by atoms with van der Waals surface area (Å²) in [6.07, 6.45) is 1.30. The van der Waals surface area contributed by atoms with Gasteiger partial charge in [0.1, 0.15) is 5.75 Å². The van der Waals surface area contributed by atoms with Crippen LogP contribution in [0.4, 0.5) is 0 Å². The Morgan fingerprint density at radius 2 is 1.91 bits per heavy atom. The molecule has 6 nitrogen and oxygen atoms in total. The zero-order valence-corrected chi connectivity index (χ0v) is 14.1. The highest BCUT2D eigenvalue weighted by atomic mass is 32.2. The van der Waals surface area contributed by atoms with Crippen LogP contribution in [0.1, 0.15) is 24.0 Å². The molecule has 1 aliphatic heterocycles. The monoisotopic (exact) mass is 328 g/mol. The molecule has 7 heteroatoms. The quantitative estimate of drug-likeness (QED) is 0.844. The third-order valence-electron chi connectivity index (χ3n) is 4.08. The van der Waals surface area contributed by atoms with Crippen LogP contribution in [0, 0.1) is 13.8 Å². The summed E-state index contributed by atoms with van der Waals surface area (Å²) >= 11 is 0. The van der Waals surface area contributed by atoms with Crippen molar-refractivity contribution >= 4 is 10.0 Å². The fourth-order valence-corrected chi connectivity index (χ4v) is 3.99. The number of aryl methyl sites for hydroxylation is 2. The molecule has 0 radical (unpaired) electrons. The average Bonchev–Trinajstić information content (AvgIpc) is 2.48. The van der Waals surface area contributed by atoms with Gasteiger partial charge in [-0.25, -0.2) is 13.1 Å². The summed E-state index contributed by atoms with van der Waals surface area (Å²) in [6.45, 7) is 4.92. The van der Waals surface area contributed by atoms with Gasteiger partial charge in [-0.2, -0.15) is 0 Å². The van der Waals surface area contributed by atoms with Gasteiger partial charge in [0.15, 0.2) is 0 Å². The van der Waals surface area contributed by atoms with Gasteiger partial charge in [0.25, 0.3) is 0 Å². The molecule has 2 rings (SSSR count). The van der Waals surface area contributed by atoms with Gasteiger partial charge in [0.05, 0.1) is 12.0 Å². The van der Waals surface area contributed by atoms with Gasteiger partial charge >= 0.3 is 0 Å². The summed E-state index contributed by atoms with van der Waals surface area (Å²) in [5, 5.41) is 0. The van der Waals surface area contributed by atoms with Crippen molar-refractivity contribution in [1.29, 1.82) is 0 Å². The van der Waals surface area contributed by atoms with E-state index in [9.17, 15) is 8.42 Å². The van der Waals surface area contributed by atoms with Crippen LogP contribution in [-0.4, -0.2) is 40.8 Å². The maximum atomic E-state index is 12.6. The highest BCUT2D eigenvalue weighted by molar-refractivity contribution is 7.89. The molecule has 0 aromatic heterocycles. The van der Waals surface area contributed by atoms with Crippen molar-refractivity contribution in [2.24, 2.45) is 5.73 Å². The molecule has 1 fully saturated rings. The number of sulfonamides is 1. The molecule has 124 valence electrons. The molecule has 1 aromatic rings. The summed E-state index contributed by atoms with van der Waals surface area (Å²) in [7, 11) is -2.04. The van der Waals surface area contributed by atoms with E-state index in [2.05, 4.69) is 4.72 Å². The smallest absolute Gasteiger partial charge is 0.240 e. The molecule has 0 amide bonds. The van der Waals surface area contributed by atoms with Gasteiger partial charge in [-0.3, -0.25) is 0 Å². The minimum absolute atomic E-state index is 0.212. The lowest BCUT2D eigenvalue weighted by Gasteiger charge is -2.33. The van der Waals surface area contributed by atoms with E-state index < -0.39 is 15.6 Å². The van der Waals surface area contributed by atoms with E-state index in [0.717, 1.165) is 5.56 Å². The standard InChI is InChI=1S/C15H24N2O4S/c1-11-9-14(12(2)8-13(11)20-3)22(18,19)17-10-15(16)4-6-21-7-5-15/h8-9,17H,4-7,10,16H2,1-3H3. The van der Waals surface area contributed by atoms with Crippen LogP contribution in [0.25, 0.3) is 0 Å². The first-order chi connectivity index (χ1) is 10.3. The van der Waals surface area contributed by atoms with E-state index in [1.165, 1.54) is 0 Å². The second kappa shape index (κ2) is 6.54. The van der Waals surface area contributed by atoms with Crippen molar-refractivity contribution in [3.8, 4) is 5.75 Å². The zero-order chi connectivity index (χ0) is 16.4. The largest absolute Gasteiger partial charge is 0.496 e. The Hall–Kier alpha value is -1.15. The number of nitrogens with two attached hydrogens (primary N) is 1. The lowest BCUT2D eigenvalue weighted by atomic mass is 9.92. The first-order valence-electron chi connectivity index (χ1n) is 7.29. The third-order valence-corrected chi connectivity index (χ3v) is 5.63. The van der Waals surface area contributed by atoms with E-state index >= 15 is 0 Å². The molecule has 1 saturated heterocycles. The van der Waals surface area contributed by atoms with E-state index in [1.807, 2.05) is 6.92 Å². The Morgan fingerprint density at radius 1 is 1.27 bits per heavy atom. The van der Waals surface area contributed by atoms with Gasteiger partial charge in [-0.15, -0.1) is 0 Å². The fraction of sp³-hybridized carbons (Fsp3) is 0.600. The molecule has 3 N–H and O–H groups in total. The van der Waals surface area contributed by atoms with Crippen molar-refractivity contribution < 1.29 is 17.9 Å². The number of rotatable bonds is 5. The predicted octanol–water partition coefficient (Wildman–Crippen LogP) is 1.10. The highest BCUT2D eigenvalue weighted by Gasteiger charge is 2.30. The third kappa shape index (κ3) is 3.78. The van der Waals surface area contributed by atoms with E-state index in [0.29, 0.717) is 37.4 Å². The number of hydrogen-bond acceptors (Lipinski definition) is 5. The van der Waals surface area contributed by atoms with Gasteiger partial charge < -0.3 is 15.2 Å². The molecule has 0 atom stereocenters. The second-order valence-corrected chi connectivity index (χ2v) is 7.62. The SMILES string of the molecule is COc1cc(C)c(S(=O)(=O)NCC2(N)CCOCC2)cc1C. The van der Waals surface area contributed by atoms with E-state index in [1.54, 1.807) is 26.2 Å². The van der Waals surface area contributed by atoms with Crippen molar-refractivity contribution in [3.05, 3.63) is 23.3 Å². The summed E-state index contributed by atoms with van der Waals surface area (Å²) in [4.78, 5) is 0.265. The summed E-state index contributed by atoms with van der Waals surface area (Å²) in [5.41, 5.74) is 7.12. The number of methoxy groups -OCH3 is 1. The summed E-state index contributed by atoms with van der Waals surface area (Å²) in [6, 6.07) is 3.36. The Bertz CT molecular complexity index is 637. The topological polar surface area (TPSA) is 90.7 Å². The molecular weight excluding hydrogens is 304 g/mol. The Labute approximate surface area is 132 Å². The number of benzene rings is 1. The van der Waals surface area contributed by atoms with Crippen molar-refractivity contribution in [1.82, 2.24) is 4.72 Å². The first kappa shape index (κ1) is 17.2. The molecule has 0 bridgehead atoms. The van der Waals surface area contributed by atoms with Gasteiger partial charge in [-0.05, 0) is 49.9 Å². The molecule has 0 unspecified atom stereocenters. The van der Waals surface area contributed by atoms with Crippen LogP contribution in [0.5, 0.6) is 5.75 Å². The Balaban J connectivity index is 2.18. The van der Waals surface area contributed by atoms with Gasteiger partial charge in [0.2, 0.25) is 10.0 Å². The average molecular weight is 328 g/mol. The van der Waals surface area contributed by atoms with Crippen molar-refractivity contribution in [2.45, 2.75) is 37.1 Å². The molecule has 0 spiro atoms. The van der Waals surface area contributed by atoms with Crippen LogP contribution in [0.15, 0.2) is 17.0 Å². The number of ether oxygens (including phenoxy) is 2. The van der Waals surface area contributed by atoms with E-state index in [-0.39, 0.29) is 11.4 Å². The van der Waals surface area contributed by atoms with Gasteiger partial charge in [0, 0.05) is 25.3 Å². The van der Waals surface area contributed by atoms with Crippen molar-refractivity contribution in [3.63, 3.8) is 0 Å². The predicted molar refractivity (Wildman–Crippen MR) is 84.6 cm³/mol. The minimum atomic E-state index is -3.60. The molecule has 1 heterocycles. The van der Waals surface area contributed by atoms with Crippen LogP contribution < -0.4 is 15.2 Å². The number of nitrogens with one attached hydrogen (secondary N) is 1. The fourth-order valence-electron chi connectivity index (χ4n) is 2.54. The van der Waals surface area contributed by atoms with Crippen LogP contribution in [0.3, 0.4) is 0 Å². The molecule has 1 aromatic carbocycles. The molecule has 0 aliphatic carbocycles. The lowest BCUT2D eigenvalue weighted by molar-refractivity contribution is 0.0549. The second-order valence-electron chi connectivity index (χ2n) is 5.89. The normalized spacial score (nSPS) is 18.2. The van der Waals surface area contributed by atoms with Crippen LogP contribution >= 0.6 is 0 Å². The molecule has 22 heavy (non-hydrogen) atoms. The maximum Gasteiger partial charge on any atom is 0.240 e. The summed E-state index contributed by atoms with van der Waals surface area (Å²) < 4.78 is 38.2. The Morgan fingerprint density at radius 3 is 2.50 bits per heavy atom.